The van der Waals surface area contributed by atoms with E-state index in [0.717, 1.165) is 32.5 Å². The van der Waals surface area contributed by atoms with Crippen LogP contribution in [0.2, 0.25) is 0 Å². The van der Waals surface area contributed by atoms with Gasteiger partial charge in [0.25, 0.3) is 0 Å². The monoisotopic (exact) mass is 319 g/mol. The summed E-state index contributed by atoms with van der Waals surface area (Å²) in [5.74, 6) is 0.677. The van der Waals surface area contributed by atoms with Crippen LogP contribution >= 0.6 is 12.4 Å². The van der Waals surface area contributed by atoms with Crippen LogP contribution in [0.4, 0.5) is 0 Å². The first kappa shape index (κ1) is 20.2. The molecule has 0 aromatic carbocycles. The summed E-state index contributed by atoms with van der Waals surface area (Å²) < 4.78 is 0. The summed E-state index contributed by atoms with van der Waals surface area (Å²) in [7, 11) is 1.86. The van der Waals surface area contributed by atoms with Crippen molar-refractivity contribution in [3.63, 3.8) is 0 Å². The predicted molar refractivity (Wildman–Crippen MR) is 87.6 cm³/mol. The number of nitrogens with zero attached hydrogens (tertiary/aromatic N) is 1. The number of likely N-dealkylation sites (tertiary alicyclic amines) is 1. The molecule has 1 atom stereocenters. The maximum absolute atomic E-state index is 12.0. The summed E-state index contributed by atoms with van der Waals surface area (Å²) >= 11 is 0. The minimum atomic E-state index is -0.350. The number of hydrogen-bond donors (Lipinski definition) is 2. The summed E-state index contributed by atoms with van der Waals surface area (Å²) in [6.45, 7) is 8.76. The number of piperidine rings is 1. The zero-order valence-corrected chi connectivity index (χ0v) is 14.5. The van der Waals surface area contributed by atoms with Crippen LogP contribution in [-0.4, -0.2) is 49.9 Å². The van der Waals surface area contributed by atoms with Gasteiger partial charge in [0.1, 0.15) is 0 Å². The van der Waals surface area contributed by atoms with E-state index in [1.807, 2.05) is 32.7 Å². The molecule has 1 fully saturated rings. The molecule has 21 heavy (non-hydrogen) atoms. The third-order valence-electron chi connectivity index (χ3n) is 3.69. The first-order chi connectivity index (χ1) is 9.34. The molecule has 0 aromatic rings. The van der Waals surface area contributed by atoms with E-state index in [2.05, 4.69) is 10.6 Å². The van der Waals surface area contributed by atoms with Gasteiger partial charge in [-0.05, 0) is 25.8 Å². The molecule has 1 aliphatic heterocycles. The molecule has 1 aliphatic rings. The van der Waals surface area contributed by atoms with Crippen LogP contribution in [0.5, 0.6) is 0 Å². The highest BCUT2D eigenvalue weighted by molar-refractivity contribution is 5.85. The van der Waals surface area contributed by atoms with E-state index in [0.29, 0.717) is 18.9 Å². The Balaban J connectivity index is 0.00000400. The quantitative estimate of drug-likeness (QED) is 0.805. The fraction of sp³-hybridized carbons (Fsp3) is 0.867. The van der Waals surface area contributed by atoms with Gasteiger partial charge in [-0.2, -0.15) is 0 Å². The van der Waals surface area contributed by atoms with Gasteiger partial charge in [0, 0.05) is 38.0 Å². The minimum Gasteiger partial charge on any atom is -0.355 e. The average Bonchev–Trinajstić information content (AvgIpc) is 2.41. The molecule has 5 nitrogen and oxygen atoms in total. The second kappa shape index (κ2) is 9.26. The van der Waals surface area contributed by atoms with Crippen molar-refractivity contribution in [1.29, 1.82) is 0 Å². The lowest BCUT2D eigenvalue weighted by atomic mass is 9.94. The fourth-order valence-corrected chi connectivity index (χ4v) is 2.35. The average molecular weight is 320 g/mol. The highest BCUT2D eigenvalue weighted by Crippen LogP contribution is 2.18. The molecule has 0 aromatic heterocycles. The van der Waals surface area contributed by atoms with Gasteiger partial charge in [-0.1, -0.05) is 20.8 Å². The van der Waals surface area contributed by atoms with Crippen molar-refractivity contribution in [2.24, 2.45) is 11.3 Å². The lowest BCUT2D eigenvalue weighted by Gasteiger charge is -2.33. The highest BCUT2D eigenvalue weighted by atomic mass is 35.5. The fourth-order valence-electron chi connectivity index (χ4n) is 2.35. The molecule has 6 heteroatoms. The van der Waals surface area contributed by atoms with Crippen LogP contribution in [0.25, 0.3) is 0 Å². The van der Waals surface area contributed by atoms with Gasteiger partial charge >= 0.3 is 0 Å². The van der Waals surface area contributed by atoms with Crippen LogP contribution in [0.1, 0.15) is 40.0 Å². The van der Waals surface area contributed by atoms with Gasteiger partial charge in [0.05, 0.1) is 0 Å². The number of amides is 2. The van der Waals surface area contributed by atoms with Crippen LogP contribution in [0.3, 0.4) is 0 Å². The number of hydrogen-bond acceptors (Lipinski definition) is 3. The Morgan fingerprint density at radius 3 is 2.52 bits per heavy atom. The van der Waals surface area contributed by atoms with E-state index in [1.54, 1.807) is 0 Å². The van der Waals surface area contributed by atoms with E-state index < -0.39 is 0 Å². The van der Waals surface area contributed by atoms with Crippen LogP contribution in [-0.2, 0) is 9.59 Å². The molecule has 1 rings (SSSR count). The molecule has 0 radical (unpaired) electrons. The Bertz CT molecular complexity index is 342. The molecule has 2 N–H and O–H groups in total. The summed E-state index contributed by atoms with van der Waals surface area (Å²) in [5, 5.41) is 6.01. The number of rotatable bonds is 5. The largest absolute Gasteiger partial charge is 0.355 e. The molecule has 2 amide bonds. The van der Waals surface area contributed by atoms with E-state index in [1.165, 1.54) is 0 Å². The first-order valence-corrected chi connectivity index (χ1v) is 7.55. The number of carbonyl (C=O) groups is 2. The number of carbonyl (C=O) groups excluding carboxylic acids is 2. The lowest BCUT2D eigenvalue weighted by Crippen LogP contribution is -2.45. The minimum absolute atomic E-state index is 0. The Morgan fingerprint density at radius 2 is 1.95 bits per heavy atom. The molecule has 0 spiro atoms. The SMILES string of the molecule is CNCCC(=O)N1CCCC(CNC(=O)C(C)(C)C)C1.Cl. The summed E-state index contributed by atoms with van der Waals surface area (Å²) in [4.78, 5) is 25.8. The van der Waals surface area contributed by atoms with E-state index in [-0.39, 0.29) is 29.6 Å². The maximum atomic E-state index is 12.0. The number of halogens is 1. The second-order valence-electron chi connectivity index (χ2n) is 6.66. The lowest BCUT2D eigenvalue weighted by molar-refractivity contribution is -0.133. The van der Waals surface area contributed by atoms with Crippen molar-refractivity contribution in [3.8, 4) is 0 Å². The summed E-state index contributed by atoms with van der Waals surface area (Å²) in [6.07, 6.45) is 2.67. The molecule has 0 aliphatic carbocycles. The smallest absolute Gasteiger partial charge is 0.225 e. The molecule has 0 bridgehead atoms. The predicted octanol–water partition coefficient (Wildman–Crippen LogP) is 1.42. The van der Waals surface area contributed by atoms with Gasteiger partial charge in [-0.15, -0.1) is 12.4 Å². The van der Waals surface area contributed by atoms with E-state index in [4.69, 9.17) is 0 Å². The summed E-state index contributed by atoms with van der Waals surface area (Å²) in [6, 6.07) is 0. The Kier molecular flexibility index (Phi) is 8.90. The van der Waals surface area contributed by atoms with Crippen molar-refractivity contribution in [3.05, 3.63) is 0 Å². The molecular weight excluding hydrogens is 290 g/mol. The molecule has 1 unspecified atom stereocenters. The zero-order chi connectivity index (χ0) is 15.2. The van der Waals surface area contributed by atoms with Crippen molar-refractivity contribution in [2.45, 2.75) is 40.0 Å². The van der Waals surface area contributed by atoms with Gasteiger partial charge in [0.2, 0.25) is 11.8 Å². The maximum Gasteiger partial charge on any atom is 0.225 e. The Labute approximate surface area is 134 Å². The van der Waals surface area contributed by atoms with Gasteiger partial charge < -0.3 is 15.5 Å². The molecule has 0 saturated carbocycles. The van der Waals surface area contributed by atoms with Crippen molar-refractivity contribution in [2.75, 3.05) is 33.2 Å². The van der Waals surface area contributed by atoms with E-state index >= 15 is 0 Å². The molecular formula is C15H30ClN3O2. The highest BCUT2D eigenvalue weighted by Gasteiger charge is 2.26. The topological polar surface area (TPSA) is 61.4 Å². The third kappa shape index (κ3) is 7.14. The van der Waals surface area contributed by atoms with Gasteiger partial charge in [-0.3, -0.25) is 9.59 Å². The van der Waals surface area contributed by atoms with Gasteiger partial charge in [-0.25, -0.2) is 0 Å². The van der Waals surface area contributed by atoms with Crippen LogP contribution in [0, 0.1) is 11.3 Å². The second-order valence-corrected chi connectivity index (χ2v) is 6.66. The van der Waals surface area contributed by atoms with Crippen LogP contribution in [0.15, 0.2) is 0 Å². The normalized spacial score (nSPS) is 18.9. The molecule has 1 saturated heterocycles. The van der Waals surface area contributed by atoms with E-state index in [9.17, 15) is 9.59 Å². The van der Waals surface area contributed by atoms with Crippen molar-refractivity contribution >= 4 is 24.2 Å². The Morgan fingerprint density at radius 1 is 1.29 bits per heavy atom. The van der Waals surface area contributed by atoms with Crippen molar-refractivity contribution in [1.82, 2.24) is 15.5 Å². The summed E-state index contributed by atoms with van der Waals surface area (Å²) in [5.41, 5.74) is -0.350. The van der Waals surface area contributed by atoms with Crippen molar-refractivity contribution < 1.29 is 9.59 Å². The van der Waals surface area contributed by atoms with Gasteiger partial charge in [0.15, 0.2) is 0 Å². The molecule has 124 valence electrons. The third-order valence-corrected chi connectivity index (χ3v) is 3.69. The molecule has 1 heterocycles. The van der Waals surface area contributed by atoms with Crippen LogP contribution < -0.4 is 10.6 Å². The standard InChI is InChI=1S/C15H29N3O2.ClH/c1-15(2,3)14(20)17-10-12-6-5-9-18(11-12)13(19)7-8-16-4;/h12,16H,5-11H2,1-4H3,(H,17,20);1H. The number of nitrogens with one attached hydrogen (secondary N) is 2. The first-order valence-electron chi connectivity index (χ1n) is 7.55. The zero-order valence-electron chi connectivity index (χ0n) is 13.7. The Hall–Kier alpha value is -0.810.